The van der Waals surface area contributed by atoms with E-state index in [1.807, 2.05) is 10.6 Å². The lowest BCUT2D eigenvalue weighted by Crippen LogP contribution is -1.97. The number of hydrogen-bond donors (Lipinski definition) is 1. The van der Waals surface area contributed by atoms with Gasteiger partial charge in [0.2, 0.25) is 0 Å². The van der Waals surface area contributed by atoms with Crippen molar-refractivity contribution in [3.63, 3.8) is 0 Å². The van der Waals surface area contributed by atoms with E-state index in [-0.39, 0.29) is 0 Å². The molecule has 1 aromatic heterocycles. The SMILES string of the molecule is CCn1c(-c2cc(C)cc(Br)c2)n[nH]c1=S. The molecule has 0 unspecified atom stereocenters. The Balaban J connectivity index is 2.62. The predicted molar refractivity (Wildman–Crippen MR) is 71.0 cm³/mol. The zero-order chi connectivity index (χ0) is 11.7. The predicted octanol–water partition coefficient (Wildman–Crippen LogP) is 3.70. The first-order valence-electron chi connectivity index (χ1n) is 5.04. The average molecular weight is 298 g/mol. The van der Waals surface area contributed by atoms with Gasteiger partial charge in [-0.2, -0.15) is 5.10 Å². The molecule has 1 N–H and O–H groups in total. The second kappa shape index (κ2) is 4.51. The van der Waals surface area contributed by atoms with Crippen LogP contribution < -0.4 is 0 Å². The lowest BCUT2D eigenvalue weighted by molar-refractivity contribution is 0.755. The summed E-state index contributed by atoms with van der Waals surface area (Å²) in [5, 5.41) is 7.09. The summed E-state index contributed by atoms with van der Waals surface area (Å²) in [6.07, 6.45) is 0. The van der Waals surface area contributed by atoms with Gasteiger partial charge >= 0.3 is 0 Å². The van der Waals surface area contributed by atoms with Crippen LogP contribution in [-0.4, -0.2) is 14.8 Å². The molecule has 0 saturated heterocycles. The zero-order valence-corrected chi connectivity index (χ0v) is 11.5. The third-order valence-corrected chi connectivity index (χ3v) is 3.14. The normalized spacial score (nSPS) is 10.7. The summed E-state index contributed by atoms with van der Waals surface area (Å²) < 4.78 is 3.70. The number of halogens is 1. The summed E-state index contributed by atoms with van der Waals surface area (Å²) in [5.74, 6) is 0.886. The topological polar surface area (TPSA) is 33.6 Å². The Morgan fingerprint density at radius 1 is 1.44 bits per heavy atom. The van der Waals surface area contributed by atoms with E-state index in [9.17, 15) is 0 Å². The first-order chi connectivity index (χ1) is 7.61. The van der Waals surface area contributed by atoms with Crippen LogP contribution in [0.4, 0.5) is 0 Å². The van der Waals surface area contributed by atoms with E-state index in [0.29, 0.717) is 4.77 Å². The smallest absolute Gasteiger partial charge is 0.195 e. The first kappa shape index (κ1) is 11.5. The second-order valence-electron chi connectivity index (χ2n) is 3.61. The Bertz CT molecular complexity index is 551. The van der Waals surface area contributed by atoms with Gasteiger partial charge in [0.15, 0.2) is 10.6 Å². The Morgan fingerprint density at radius 3 is 2.81 bits per heavy atom. The molecule has 1 heterocycles. The van der Waals surface area contributed by atoms with Crippen LogP contribution in [0.3, 0.4) is 0 Å². The average Bonchev–Trinajstić information content (AvgIpc) is 2.58. The summed E-state index contributed by atoms with van der Waals surface area (Å²) in [6, 6.07) is 6.22. The molecule has 16 heavy (non-hydrogen) atoms. The maximum atomic E-state index is 5.17. The van der Waals surface area contributed by atoms with E-state index in [1.165, 1.54) is 5.56 Å². The van der Waals surface area contributed by atoms with Crippen molar-refractivity contribution in [1.82, 2.24) is 14.8 Å². The van der Waals surface area contributed by atoms with Crippen molar-refractivity contribution in [3.8, 4) is 11.4 Å². The molecule has 5 heteroatoms. The fraction of sp³-hybridized carbons (Fsp3) is 0.273. The number of nitrogens with zero attached hydrogens (tertiary/aromatic N) is 2. The van der Waals surface area contributed by atoms with Crippen molar-refractivity contribution in [2.75, 3.05) is 0 Å². The molecule has 0 saturated carbocycles. The highest BCUT2D eigenvalue weighted by Gasteiger charge is 2.08. The first-order valence-corrected chi connectivity index (χ1v) is 6.24. The molecule has 0 fully saturated rings. The molecule has 84 valence electrons. The van der Waals surface area contributed by atoms with Gasteiger partial charge in [-0.1, -0.05) is 15.9 Å². The number of aromatic nitrogens is 3. The van der Waals surface area contributed by atoms with Crippen LogP contribution in [0, 0.1) is 11.7 Å². The molecule has 0 amide bonds. The number of rotatable bonds is 2. The Morgan fingerprint density at radius 2 is 2.19 bits per heavy atom. The van der Waals surface area contributed by atoms with Gasteiger partial charge in [0.25, 0.3) is 0 Å². The fourth-order valence-electron chi connectivity index (χ4n) is 1.70. The van der Waals surface area contributed by atoms with Gasteiger partial charge in [-0.15, -0.1) is 0 Å². The number of benzene rings is 1. The van der Waals surface area contributed by atoms with E-state index in [4.69, 9.17) is 12.2 Å². The van der Waals surface area contributed by atoms with E-state index >= 15 is 0 Å². The summed E-state index contributed by atoms with van der Waals surface area (Å²) in [5.41, 5.74) is 2.27. The minimum Gasteiger partial charge on any atom is -0.300 e. The Kier molecular flexibility index (Phi) is 3.25. The standard InChI is InChI=1S/C11H12BrN3S/c1-3-15-10(13-14-11(15)16)8-4-7(2)5-9(12)6-8/h4-6H,3H2,1-2H3,(H,14,16). The Labute approximate surface area is 108 Å². The largest absolute Gasteiger partial charge is 0.300 e. The van der Waals surface area contributed by atoms with Gasteiger partial charge in [0, 0.05) is 16.6 Å². The molecule has 0 atom stereocenters. The molecule has 0 bridgehead atoms. The van der Waals surface area contributed by atoms with E-state index in [2.05, 4.69) is 52.1 Å². The van der Waals surface area contributed by atoms with Gasteiger partial charge in [0.05, 0.1) is 0 Å². The summed E-state index contributed by atoms with van der Waals surface area (Å²) in [7, 11) is 0. The minimum absolute atomic E-state index is 0.662. The minimum atomic E-state index is 0.662. The zero-order valence-electron chi connectivity index (χ0n) is 9.12. The van der Waals surface area contributed by atoms with Crippen LogP contribution in [0.2, 0.25) is 0 Å². The van der Waals surface area contributed by atoms with Crippen molar-refractivity contribution in [1.29, 1.82) is 0 Å². The maximum absolute atomic E-state index is 5.17. The molecule has 1 aromatic carbocycles. The maximum Gasteiger partial charge on any atom is 0.195 e. The van der Waals surface area contributed by atoms with Crippen molar-refractivity contribution < 1.29 is 0 Å². The van der Waals surface area contributed by atoms with Crippen LogP contribution in [0.25, 0.3) is 11.4 Å². The lowest BCUT2D eigenvalue weighted by Gasteiger charge is -2.05. The van der Waals surface area contributed by atoms with Crippen molar-refractivity contribution in [2.24, 2.45) is 0 Å². The van der Waals surface area contributed by atoms with Crippen molar-refractivity contribution in [3.05, 3.63) is 33.0 Å². The number of nitrogens with one attached hydrogen (secondary N) is 1. The monoisotopic (exact) mass is 297 g/mol. The van der Waals surface area contributed by atoms with Gasteiger partial charge in [-0.3, -0.25) is 5.10 Å². The molecule has 0 radical (unpaired) electrons. The number of hydrogen-bond acceptors (Lipinski definition) is 2. The van der Waals surface area contributed by atoms with Crippen LogP contribution in [0.1, 0.15) is 12.5 Å². The van der Waals surface area contributed by atoms with Gasteiger partial charge < -0.3 is 4.57 Å². The lowest BCUT2D eigenvalue weighted by atomic mass is 10.1. The molecule has 2 aromatic rings. The Hall–Kier alpha value is -0.940. The van der Waals surface area contributed by atoms with Gasteiger partial charge in [-0.25, -0.2) is 0 Å². The van der Waals surface area contributed by atoms with Crippen molar-refractivity contribution >= 4 is 28.1 Å². The van der Waals surface area contributed by atoms with E-state index < -0.39 is 0 Å². The molecule has 0 spiro atoms. The van der Waals surface area contributed by atoms with E-state index in [0.717, 1.165) is 22.4 Å². The summed E-state index contributed by atoms with van der Waals surface area (Å²) in [6.45, 7) is 4.93. The van der Waals surface area contributed by atoms with Crippen LogP contribution in [0.5, 0.6) is 0 Å². The second-order valence-corrected chi connectivity index (χ2v) is 4.92. The van der Waals surface area contributed by atoms with Crippen LogP contribution >= 0.6 is 28.1 Å². The quantitative estimate of drug-likeness (QED) is 0.858. The molecule has 0 aliphatic heterocycles. The molecule has 0 aliphatic rings. The van der Waals surface area contributed by atoms with Crippen LogP contribution in [-0.2, 0) is 6.54 Å². The molecular formula is C11H12BrN3S. The third kappa shape index (κ3) is 2.10. The van der Waals surface area contributed by atoms with Crippen LogP contribution in [0.15, 0.2) is 22.7 Å². The summed E-state index contributed by atoms with van der Waals surface area (Å²) in [4.78, 5) is 0. The molecular weight excluding hydrogens is 286 g/mol. The molecule has 2 rings (SSSR count). The fourth-order valence-corrected chi connectivity index (χ4v) is 2.57. The highest BCUT2D eigenvalue weighted by atomic mass is 79.9. The van der Waals surface area contributed by atoms with Gasteiger partial charge in [-0.05, 0) is 49.8 Å². The number of aromatic amines is 1. The molecule has 3 nitrogen and oxygen atoms in total. The number of H-pyrrole nitrogens is 1. The highest BCUT2D eigenvalue weighted by Crippen LogP contribution is 2.23. The third-order valence-electron chi connectivity index (χ3n) is 2.37. The summed E-state index contributed by atoms with van der Waals surface area (Å²) >= 11 is 8.66. The number of aryl methyl sites for hydroxylation is 1. The van der Waals surface area contributed by atoms with Crippen molar-refractivity contribution in [2.45, 2.75) is 20.4 Å². The molecule has 0 aliphatic carbocycles. The highest BCUT2D eigenvalue weighted by molar-refractivity contribution is 9.10. The van der Waals surface area contributed by atoms with E-state index in [1.54, 1.807) is 0 Å². The van der Waals surface area contributed by atoms with Gasteiger partial charge in [0.1, 0.15) is 0 Å².